The first-order chi connectivity index (χ1) is 11.6. The van der Waals surface area contributed by atoms with Gasteiger partial charge in [0.1, 0.15) is 23.0 Å². The molecule has 0 bridgehead atoms. The lowest BCUT2D eigenvalue weighted by molar-refractivity contribution is 0.114. The number of anilines is 1. The van der Waals surface area contributed by atoms with Crippen LogP contribution in [0.2, 0.25) is 0 Å². The number of thioether (sulfide) groups is 1. The molecule has 1 aromatic carbocycles. The lowest BCUT2D eigenvalue weighted by Crippen LogP contribution is -2.15. The predicted molar refractivity (Wildman–Crippen MR) is 92.7 cm³/mol. The summed E-state index contributed by atoms with van der Waals surface area (Å²) in [5, 5.41) is 9.51. The second-order valence-electron chi connectivity index (χ2n) is 5.21. The molecule has 24 heavy (non-hydrogen) atoms. The van der Waals surface area contributed by atoms with Crippen LogP contribution in [0.15, 0.2) is 35.6 Å². The summed E-state index contributed by atoms with van der Waals surface area (Å²) in [5.74, 6) is 0.445. The predicted octanol–water partition coefficient (Wildman–Crippen LogP) is 3.02. The van der Waals surface area contributed by atoms with Crippen LogP contribution in [0.3, 0.4) is 0 Å². The van der Waals surface area contributed by atoms with E-state index < -0.39 is 0 Å². The average molecular weight is 347 g/mol. The molecular formula is C16H18FN5OS. The van der Waals surface area contributed by atoms with Gasteiger partial charge in [0.2, 0.25) is 0 Å². The minimum atomic E-state index is -0.265. The Hall–Kier alpha value is -2.19. The molecule has 3 aromatic rings. The molecule has 3 rings (SSSR count). The summed E-state index contributed by atoms with van der Waals surface area (Å²) in [7, 11) is 3.48. The number of nitrogens with zero attached hydrogens (tertiary/aromatic N) is 4. The Bertz CT molecular complexity index is 836. The highest BCUT2D eigenvalue weighted by Crippen LogP contribution is 2.29. The third-order valence-electron chi connectivity index (χ3n) is 3.76. The van der Waals surface area contributed by atoms with Gasteiger partial charge in [-0.2, -0.15) is 5.10 Å². The first kappa shape index (κ1) is 16.7. The number of methoxy groups -OCH3 is 1. The fraction of sp³-hybridized carbons (Fsp3) is 0.312. The molecule has 1 unspecified atom stereocenters. The molecule has 8 heteroatoms. The van der Waals surface area contributed by atoms with Gasteiger partial charge >= 0.3 is 0 Å². The van der Waals surface area contributed by atoms with E-state index in [2.05, 4.69) is 20.4 Å². The maximum atomic E-state index is 13.1. The SMILES string of the molecule is COC(CNc1ncnc2c1c(SC)nn2C)c1ccc(F)cc1. The van der Waals surface area contributed by atoms with Crippen LogP contribution in [0.1, 0.15) is 11.7 Å². The van der Waals surface area contributed by atoms with Crippen LogP contribution in [-0.4, -0.2) is 39.7 Å². The van der Waals surface area contributed by atoms with Crippen molar-refractivity contribution < 1.29 is 9.13 Å². The van der Waals surface area contributed by atoms with Crippen molar-refractivity contribution in [1.29, 1.82) is 0 Å². The highest BCUT2D eigenvalue weighted by Gasteiger charge is 2.16. The molecule has 1 atom stereocenters. The third kappa shape index (κ3) is 3.20. The number of fused-ring (bicyclic) bond motifs is 1. The Morgan fingerprint density at radius 3 is 2.71 bits per heavy atom. The van der Waals surface area contributed by atoms with Gasteiger partial charge in [-0.3, -0.25) is 0 Å². The zero-order chi connectivity index (χ0) is 17.1. The fourth-order valence-electron chi connectivity index (χ4n) is 2.53. The van der Waals surface area contributed by atoms with Crippen LogP contribution in [0.4, 0.5) is 10.2 Å². The van der Waals surface area contributed by atoms with E-state index in [1.165, 1.54) is 18.5 Å². The van der Waals surface area contributed by atoms with Gasteiger partial charge in [0.05, 0.1) is 11.5 Å². The van der Waals surface area contributed by atoms with Crippen molar-refractivity contribution in [3.05, 3.63) is 42.0 Å². The summed E-state index contributed by atoms with van der Waals surface area (Å²) in [6, 6.07) is 6.30. The Labute approximate surface area is 143 Å². The Kier molecular flexibility index (Phi) is 4.96. The van der Waals surface area contributed by atoms with Gasteiger partial charge in [-0.25, -0.2) is 19.0 Å². The van der Waals surface area contributed by atoms with Crippen molar-refractivity contribution in [2.45, 2.75) is 11.1 Å². The zero-order valence-electron chi connectivity index (χ0n) is 13.7. The van der Waals surface area contributed by atoms with Crippen molar-refractivity contribution >= 4 is 28.6 Å². The number of halogens is 1. The quantitative estimate of drug-likeness (QED) is 0.692. The molecule has 0 saturated carbocycles. The van der Waals surface area contributed by atoms with Crippen LogP contribution in [0, 0.1) is 5.82 Å². The number of hydrogen-bond donors (Lipinski definition) is 1. The van der Waals surface area contributed by atoms with Crippen molar-refractivity contribution in [2.75, 3.05) is 25.2 Å². The van der Waals surface area contributed by atoms with Crippen LogP contribution in [0.5, 0.6) is 0 Å². The average Bonchev–Trinajstić information content (AvgIpc) is 2.94. The van der Waals surface area contributed by atoms with Gasteiger partial charge < -0.3 is 10.1 Å². The number of ether oxygens (including phenoxy) is 1. The molecule has 0 aliphatic heterocycles. The molecule has 0 radical (unpaired) electrons. The number of aromatic nitrogens is 4. The van der Waals surface area contributed by atoms with Crippen LogP contribution >= 0.6 is 11.8 Å². The highest BCUT2D eigenvalue weighted by atomic mass is 32.2. The van der Waals surface area contributed by atoms with Gasteiger partial charge in [-0.15, -0.1) is 11.8 Å². The molecule has 2 aromatic heterocycles. The minimum Gasteiger partial charge on any atom is -0.375 e. The van der Waals surface area contributed by atoms with Crippen LogP contribution in [-0.2, 0) is 11.8 Å². The summed E-state index contributed by atoms with van der Waals surface area (Å²) in [5.41, 5.74) is 1.67. The van der Waals surface area contributed by atoms with E-state index >= 15 is 0 Å². The molecule has 1 N–H and O–H groups in total. The van der Waals surface area contributed by atoms with E-state index in [1.54, 1.807) is 35.7 Å². The van der Waals surface area contributed by atoms with Crippen molar-refractivity contribution in [2.24, 2.45) is 7.05 Å². The first-order valence-corrected chi connectivity index (χ1v) is 8.60. The summed E-state index contributed by atoms with van der Waals surface area (Å²) < 4.78 is 20.3. The highest BCUT2D eigenvalue weighted by molar-refractivity contribution is 7.98. The maximum absolute atomic E-state index is 13.1. The zero-order valence-corrected chi connectivity index (χ0v) is 14.5. The summed E-state index contributed by atoms with van der Waals surface area (Å²) >= 11 is 1.55. The fourth-order valence-corrected chi connectivity index (χ4v) is 3.13. The van der Waals surface area contributed by atoms with Gasteiger partial charge in [0.25, 0.3) is 0 Å². The second-order valence-corrected chi connectivity index (χ2v) is 6.01. The summed E-state index contributed by atoms with van der Waals surface area (Å²) in [6.45, 7) is 0.497. The number of aryl methyl sites for hydroxylation is 1. The number of nitrogens with one attached hydrogen (secondary N) is 1. The number of hydrogen-bond acceptors (Lipinski definition) is 6. The standard InChI is InChI=1S/C16H18FN5OS/c1-22-15-13(16(21-22)24-3)14(19-9-20-15)18-8-12(23-2)10-4-6-11(17)7-5-10/h4-7,9,12H,8H2,1-3H3,(H,18,19,20). The molecule has 0 amide bonds. The molecule has 0 fully saturated rings. The smallest absolute Gasteiger partial charge is 0.164 e. The van der Waals surface area contributed by atoms with E-state index in [0.29, 0.717) is 12.4 Å². The van der Waals surface area contributed by atoms with Crippen LogP contribution in [0.25, 0.3) is 11.0 Å². The number of benzene rings is 1. The van der Waals surface area contributed by atoms with E-state index in [-0.39, 0.29) is 11.9 Å². The van der Waals surface area contributed by atoms with Crippen molar-refractivity contribution in [3.8, 4) is 0 Å². The number of rotatable bonds is 6. The molecule has 6 nitrogen and oxygen atoms in total. The minimum absolute atomic E-state index is 0.218. The van der Waals surface area contributed by atoms with Gasteiger partial charge in [-0.05, 0) is 24.0 Å². The summed E-state index contributed by atoms with van der Waals surface area (Å²) in [6.07, 6.45) is 3.26. The van der Waals surface area contributed by atoms with Gasteiger partial charge in [0, 0.05) is 20.7 Å². The Morgan fingerprint density at radius 2 is 2.04 bits per heavy atom. The van der Waals surface area contributed by atoms with Crippen LogP contribution < -0.4 is 5.32 Å². The Morgan fingerprint density at radius 1 is 1.29 bits per heavy atom. The largest absolute Gasteiger partial charge is 0.375 e. The van der Waals surface area contributed by atoms with Gasteiger partial charge in [0.15, 0.2) is 5.65 Å². The van der Waals surface area contributed by atoms with E-state index in [0.717, 1.165) is 21.6 Å². The van der Waals surface area contributed by atoms with E-state index in [4.69, 9.17) is 4.74 Å². The monoisotopic (exact) mass is 347 g/mol. The molecular weight excluding hydrogens is 329 g/mol. The van der Waals surface area contributed by atoms with E-state index in [9.17, 15) is 4.39 Å². The lowest BCUT2D eigenvalue weighted by Gasteiger charge is -2.17. The molecule has 2 heterocycles. The second kappa shape index (κ2) is 7.14. The van der Waals surface area contributed by atoms with Crippen molar-refractivity contribution in [1.82, 2.24) is 19.7 Å². The first-order valence-electron chi connectivity index (χ1n) is 7.38. The maximum Gasteiger partial charge on any atom is 0.164 e. The molecule has 0 saturated heterocycles. The molecule has 126 valence electrons. The van der Waals surface area contributed by atoms with Gasteiger partial charge in [-0.1, -0.05) is 12.1 Å². The third-order valence-corrected chi connectivity index (χ3v) is 4.44. The topological polar surface area (TPSA) is 64.9 Å². The normalized spacial score (nSPS) is 12.5. The van der Waals surface area contributed by atoms with Crippen molar-refractivity contribution in [3.63, 3.8) is 0 Å². The molecule has 0 aliphatic rings. The molecule has 0 aliphatic carbocycles. The van der Waals surface area contributed by atoms with E-state index in [1.807, 2.05) is 13.3 Å². The summed E-state index contributed by atoms with van der Waals surface area (Å²) in [4.78, 5) is 8.63. The molecule has 0 spiro atoms. The lowest BCUT2D eigenvalue weighted by atomic mass is 10.1. The Balaban J connectivity index is 1.85.